The Labute approximate surface area is 171 Å². The molecule has 1 heterocycles. The Bertz CT molecular complexity index is 660. The molecule has 1 aliphatic rings. The van der Waals surface area contributed by atoms with E-state index in [1.165, 1.54) is 11.1 Å². The van der Waals surface area contributed by atoms with Crippen molar-refractivity contribution in [2.24, 2.45) is 4.99 Å². The standard InChI is InChI=1S/C23H38N4O/c1-7-24-22(26-20-11-13-27(14-12-20)16-18(2)3)25-17-23(4,5)19-9-8-10-21(15-19)28-6/h8-10,15,20H,2,7,11-14,16-17H2,1,3-6H3,(H2,24,25,26). The van der Waals surface area contributed by atoms with Crippen LogP contribution in [0.1, 0.15) is 46.1 Å². The summed E-state index contributed by atoms with van der Waals surface area (Å²) in [6.45, 7) is 17.5. The van der Waals surface area contributed by atoms with E-state index in [2.05, 4.69) is 61.9 Å². The summed E-state index contributed by atoms with van der Waals surface area (Å²) in [5.41, 5.74) is 2.41. The third-order valence-corrected chi connectivity index (χ3v) is 5.25. The number of likely N-dealkylation sites (tertiary alicyclic amines) is 1. The SMILES string of the molecule is C=C(C)CN1CCC(NC(=NCC(C)(C)c2cccc(OC)c2)NCC)CC1. The molecule has 2 N–H and O–H groups in total. The number of nitrogens with zero attached hydrogens (tertiary/aromatic N) is 2. The number of hydrogen-bond acceptors (Lipinski definition) is 3. The Balaban J connectivity index is 1.97. The molecule has 1 aromatic rings. The molecule has 1 saturated heterocycles. The van der Waals surface area contributed by atoms with Crippen LogP contribution in [-0.2, 0) is 5.41 Å². The Kier molecular flexibility index (Phi) is 8.36. The van der Waals surface area contributed by atoms with Crippen molar-refractivity contribution in [3.63, 3.8) is 0 Å². The van der Waals surface area contributed by atoms with E-state index in [0.717, 1.165) is 50.7 Å². The van der Waals surface area contributed by atoms with Gasteiger partial charge in [0.05, 0.1) is 13.7 Å². The van der Waals surface area contributed by atoms with Gasteiger partial charge in [-0.2, -0.15) is 0 Å². The van der Waals surface area contributed by atoms with Crippen LogP contribution in [0.3, 0.4) is 0 Å². The summed E-state index contributed by atoms with van der Waals surface area (Å²) in [7, 11) is 1.71. The van der Waals surface area contributed by atoms with Crippen LogP contribution in [-0.4, -0.2) is 56.7 Å². The van der Waals surface area contributed by atoms with Crippen molar-refractivity contribution >= 4 is 5.96 Å². The van der Waals surface area contributed by atoms with Crippen molar-refractivity contribution < 1.29 is 4.74 Å². The fraction of sp³-hybridized carbons (Fsp3) is 0.609. The molecule has 5 nitrogen and oxygen atoms in total. The van der Waals surface area contributed by atoms with E-state index in [-0.39, 0.29) is 5.41 Å². The predicted octanol–water partition coefficient (Wildman–Crippen LogP) is 3.57. The zero-order chi connectivity index (χ0) is 20.6. The van der Waals surface area contributed by atoms with Crippen LogP contribution in [0.15, 0.2) is 41.4 Å². The molecule has 0 atom stereocenters. The molecule has 0 aliphatic carbocycles. The lowest BCUT2D eigenvalue weighted by molar-refractivity contribution is 0.221. The Hall–Kier alpha value is -2.01. The van der Waals surface area contributed by atoms with Crippen LogP contribution in [0.5, 0.6) is 5.75 Å². The molecule has 5 heteroatoms. The molecule has 1 aliphatic heterocycles. The van der Waals surface area contributed by atoms with E-state index >= 15 is 0 Å². The van der Waals surface area contributed by atoms with Gasteiger partial charge < -0.3 is 15.4 Å². The Morgan fingerprint density at radius 3 is 2.64 bits per heavy atom. The predicted molar refractivity (Wildman–Crippen MR) is 119 cm³/mol. The summed E-state index contributed by atoms with van der Waals surface area (Å²) in [6, 6.07) is 8.75. The molecule has 0 saturated carbocycles. The van der Waals surface area contributed by atoms with Gasteiger partial charge >= 0.3 is 0 Å². The van der Waals surface area contributed by atoms with E-state index in [0.29, 0.717) is 12.6 Å². The number of hydrogen-bond donors (Lipinski definition) is 2. The first-order valence-electron chi connectivity index (χ1n) is 10.4. The van der Waals surface area contributed by atoms with Gasteiger partial charge in [-0.1, -0.05) is 38.1 Å². The van der Waals surface area contributed by atoms with Gasteiger partial charge in [-0.05, 0) is 44.4 Å². The molecule has 0 spiro atoms. The van der Waals surface area contributed by atoms with Crippen molar-refractivity contribution in [2.45, 2.75) is 52.0 Å². The Morgan fingerprint density at radius 1 is 1.32 bits per heavy atom. The molecule has 1 aromatic carbocycles. The van der Waals surface area contributed by atoms with Crippen LogP contribution < -0.4 is 15.4 Å². The highest BCUT2D eigenvalue weighted by Crippen LogP contribution is 2.26. The number of rotatable bonds is 8. The highest BCUT2D eigenvalue weighted by molar-refractivity contribution is 5.80. The number of ether oxygens (including phenoxy) is 1. The van der Waals surface area contributed by atoms with Gasteiger partial charge in [0.15, 0.2) is 5.96 Å². The highest BCUT2D eigenvalue weighted by atomic mass is 16.5. The van der Waals surface area contributed by atoms with Gasteiger partial charge in [0, 0.05) is 37.6 Å². The molecule has 0 bridgehead atoms. The van der Waals surface area contributed by atoms with Crippen molar-refractivity contribution in [1.29, 1.82) is 0 Å². The first-order valence-corrected chi connectivity index (χ1v) is 10.4. The van der Waals surface area contributed by atoms with Crippen molar-refractivity contribution in [3.8, 4) is 5.75 Å². The van der Waals surface area contributed by atoms with Crippen molar-refractivity contribution in [3.05, 3.63) is 42.0 Å². The Morgan fingerprint density at radius 2 is 2.04 bits per heavy atom. The maximum absolute atomic E-state index is 5.38. The lowest BCUT2D eigenvalue weighted by Gasteiger charge is -2.33. The van der Waals surface area contributed by atoms with E-state index in [4.69, 9.17) is 9.73 Å². The minimum absolute atomic E-state index is 0.0677. The van der Waals surface area contributed by atoms with Gasteiger partial charge in [-0.25, -0.2) is 0 Å². The summed E-state index contributed by atoms with van der Waals surface area (Å²) < 4.78 is 5.38. The van der Waals surface area contributed by atoms with Crippen molar-refractivity contribution in [2.75, 3.05) is 39.8 Å². The number of aliphatic imine (C=N–C) groups is 1. The third kappa shape index (κ3) is 6.86. The van der Waals surface area contributed by atoms with Crippen LogP contribution in [0, 0.1) is 0 Å². The second-order valence-electron chi connectivity index (χ2n) is 8.46. The van der Waals surface area contributed by atoms with Crippen LogP contribution in [0.4, 0.5) is 0 Å². The van der Waals surface area contributed by atoms with Gasteiger partial charge in [-0.3, -0.25) is 9.89 Å². The number of benzene rings is 1. The summed E-state index contributed by atoms with van der Waals surface area (Å²) in [5, 5.41) is 7.05. The quantitative estimate of drug-likeness (QED) is 0.407. The van der Waals surface area contributed by atoms with E-state index in [1.54, 1.807) is 7.11 Å². The number of methoxy groups -OCH3 is 1. The van der Waals surface area contributed by atoms with Gasteiger partial charge in [0.2, 0.25) is 0 Å². The average Bonchev–Trinajstić information content (AvgIpc) is 2.67. The summed E-state index contributed by atoms with van der Waals surface area (Å²) >= 11 is 0. The molecule has 1 fully saturated rings. The van der Waals surface area contributed by atoms with Crippen LogP contribution in [0.25, 0.3) is 0 Å². The summed E-state index contributed by atoms with van der Waals surface area (Å²) in [5.74, 6) is 1.80. The zero-order valence-corrected chi connectivity index (χ0v) is 18.3. The molecular formula is C23H38N4O. The van der Waals surface area contributed by atoms with E-state index < -0.39 is 0 Å². The molecule has 156 valence electrons. The number of nitrogens with one attached hydrogen (secondary N) is 2. The largest absolute Gasteiger partial charge is 0.497 e. The molecule has 0 aromatic heterocycles. The maximum atomic E-state index is 5.38. The second kappa shape index (κ2) is 10.5. The molecule has 2 rings (SSSR count). The first-order chi connectivity index (χ1) is 13.3. The summed E-state index contributed by atoms with van der Waals surface area (Å²) in [4.78, 5) is 7.39. The molecule has 28 heavy (non-hydrogen) atoms. The lowest BCUT2D eigenvalue weighted by atomic mass is 9.84. The third-order valence-electron chi connectivity index (χ3n) is 5.25. The van der Waals surface area contributed by atoms with Gasteiger partial charge in [0.25, 0.3) is 0 Å². The topological polar surface area (TPSA) is 48.9 Å². The minimum atomic E-state index is -0.0677. The maximum Gasteiger partial charge on any atom is 0.191 e. The fourth-order valence-corrected chi connectivity index (χ4v) is 3.54. The van der Waals surface area contributed by atoms with Crippen LogP contribution in [0.2, 0.25) is 0 Å². The first kappa shape index (κ1) is 22.3. The average molecular weight is 387 g/mol. The molecule has 0 amide bonds. The highest BCUT2D eigenvalue weighted by Gasteiger charge is 2.23. The van der Waals surface area contributed by atoms with Gasteiger partial charge in [-0.15, -0.1) is 0 Å². The lowest BCUT2D eigenvalue weighted by Crippen LogP contribution is -2.49. The van der Waals surface area contributed by atoms with Crippen molar-refractivity contribution in [1.82, 2.24) is 15.5 Å². The van der Waals surface area contributed by atoms with Gasteiger partial charge in [0.1, 0.15) is 5.75 Å². The molecular weight excluding hydrogens is 348 g/mol. The monoisotopic (exact) mass is 386 g/mol. The number of piperidine rings is 1. The molecule has 0 unspecified atom stereocenters. The number of guanidine groups is 1. The summed E-state index contributed by atoms with van der Waals surface area (Å²) in [6.07, 6.45) is 2.27. The second-order valence-corrected chi connectivity index (χ2v) is 8.46. The molecule has 0 radical (unpaired) electrons. The fourth-order valence-electron chi connectivity index (χ4n) is 3.54. The van der Waals surface area contributed by atoms with E-state index in [9.17, 15) is 0 Å². The normalized spacial score (nSPS) is 16.7. The van der Waals surface area contributed by atoms with Crippen LogP contribution >= 0.6 is 0 Å². The minimum Gasteiger partial charge on any atom is -0.497 e. The smallest absolute Gasteiger partial charge is 0.191 e. The van der Waals surface area contributed by atoms with E-state index in [1.807, 2.05) is 12.1 Å². The zero-order valence-electron chi connectivity index (χ0n) is 18.3.